The van der Waals surface area contributed by atoms with E-state index >= 15 is 0 Å². The number of methoxy groups -OCH3 is 6. The van der Waals surface area contributed by atoms with Gasteiger partial charge in [0.1, 0.15) is 41.3 Å². The van der Waals surface area contributed by atoms with Gasteiger partial charge in [0.2, 0.25) is 11.6 Å². The van der Waals surface area contributed by atoms with Crippen LogP contribution in [0, 0.1) is 85.7 Å². The molecule has 5 aromatic rings. The summed E-state index contributed by atoms with van der Waals surface area (Å²) < 4.78 is 63.8. The minimum Gasteiger partial charge on any atom is -0.469 e. The van der Waals surface area contributed by atoms with E-state index in [9.17, 15) is 71.2 Å². The first-order valence-corrected chi connectivity index (χ1v) is 36.6. The Labute approximate surface area is 679 Å². The van der Waals surface area contributed by atoms with Crippen molar-refractivity contribution >= 4 is 82.8 Å². The molecule has 0 spiro atoms. The number of benzene rings is 5. The van der Waals surface area contributed by atoms with Gasteiger partial charge in [-0.2, -0.15) is 4.39 Å². The molecule has 5 aromatic carbocycles. The summed E-state index contributed by atoms with van der Waals surface area (Å²) in [7, 11) is 7.21. The highest BCUT2D eigenvalue weighted by Crippen LogP contribution is 2.40. The van der Waals surface area contributed by atoms with Crippen LogP contribution in [0.4, 0.5) is 18.9 Å². The maximum absolute atomic E-state index is 12.9. The number of esters is 6. The standard InChI is InChI=1S/C18H23NO5.C14H20N2O.C14H22N2.C14H19NO.C9H14O5.C7H10O5.C6H2F3NO2.CH4.ClH.H3NO/c1-17(15(21)23-3)11-19(10-13-8-6-5-7-9-13)12-18(2,14(17)20)16(22)24-4;1-11-8-16(9-12(2)14(11)15-17)10-13-6-4-3-5-7-13;1-11-8-16(9-12(2)14(11)15)10-13-6-4-3-5-7-13;1-11-8-15(9-12(2)14(11)16)10-13-6-4-3-5-7-13;1-5(8(11)13-3)7(10)6(2)9(12)14-4;1-11-6(9)3-5(8)4-7(10)12-2;7-3-1-2-4(10(11)12)6(9)5(3)8;;;1-2/h5-9H,10-12H2,1-4H3;3-7,11-12,17H,8-10H2,1-2H3;3-7,11-12,14H,8-10,15H2,1-2H3;3-7,11-12H,8-10H2,1-2H3;5-6H,1-4H3;3-4H2,1-2H3;1-2H;1H4;1H;2H,1H2. The van der Waals surface area contributed by atoms with Crippen LogP contribution in [0.2, 0.25) is 0 Å². The molecule has 115 heavy (non-hydrogen) atoms. The molecule has 32 heteroatoms. The van der Waals surface area contributed by atoms with Crippen molar-refractivity contribution in [2.45, 2.75) is 122 Å². The van der Waals surface area contributed by atoms with Crippen molar-refractivity contribution in [3.8, 4) is 0 Å². The first-order chi connectivity index (χ1) is 53.4. The Morgan fingerprint density at radius 3 is 1.12 bits per heavy atom. The molecule has 4 heterocycles. The number of carbonyl (C=O) groups excluding carboxylic acids is 10. The molecule has 0 amide bonds. The Balaban J connectivity index is 0.00000133. The number of rotatable bonds is 19. The number of hydrogen-bond acceptors (Lipinski definition) is 27. The molecule has 638 valence electrons. The molecule has 4 aliphatic rings. The maximum atomic E-state index is 12.9. The van der Waals surface area contributed by atoms with Gasteiger partial charge >= 0.3 is 41.5 Å². The largest absolute Gasteiger partial charge is 0.469 e. The van der Waals surface area contributed by atoms with Crippen molar-refractivity contribution in [3.63, 3.8) is 0 Å². The molecule has 0 radical (unpaired) electrons. The van der Waals surface area contributed by atoms with Crippen LogP contribution in [0.15, 0.2) is 139 Å². The van der Waals surface area contributed by atoms with Gasteiger partial charge in [-0.1, -0.05) is 175 Å². The van der Waals surface area contributed by atoms with Gasteiger partial charge in [-0.15, -0.1) is 12.4 Å². The van der Waals surface area contributed by atoms with Crippen LogP contribution in [0.3, 0.4) is 0 Å². The Morgan fingerprint density at radius 1 is 0.513 bits per heavy atom. The zero-order chi connectivity index (χ0) is 85.5. The number of nitro benzene ring substituents is 1. The number of nitrogens with two attached hydrogens (primary N) is 2. The van der Waals surface area contributed by atoms with Gasteiger partial charge in [0.05, 0.1) is 53.3 Å². The highest BCUT2D eigenvalue weighted by atomic mass is 35.5. The third kappa shape index (κ3) is 33.9. The fraction of sp³-hybridized carbons (Fsp3) is 0.506. The minimum atomic E-state index is -1.83. The van der Waals surface area contributed by atoms with E-state index in [1.54, 1.807) is 0 Å². The van der Waals surface area contributed by atoms with Crippen LogP contribution in [0.1, 0.15) is 112 Å². The zero-order valence-corrected chi connectivity index (χ0v) is 68.7. The zero-order valence-electron chi connectivity index (χ0n) is 67.9. The number of ether oxygens (including phenoxy) is 6. The fourth-order valence-corrected chi connectivity index (χ4v) is 13.4. The summed E-state index contributed by atoms with van der Waals surface area (Å²) in [6, 6.07) is 42.8. The first-order valence-electron chi connectivity index (χ1n) is 36.6. The van der Waals surface area contributed by atoms with Crippen LogP contribution in [0.5, 0.6) is 0 Å². The normalized spacial score (nSPS) is 21.4. The van der Waals surface area contributed by atoms with Crippen molar-refractivity contribution in [2.75, 3.05) is 95.0 Å². The number of Topliss-reactive ketones (excluding diaryl/α,β-unsaturated/α-hetero) is 4. The minimum absolute atomic E-state index is 0. The second kappa shape index (κ2) is 53.4. The van der Waals surface area contributed by atoms with Crippen molar-refractivity contribution in [1.82, 2.24) is 19.6 Å². The van der Waals surface area contributed by atoms with Crippen molar-refractivity contribution in [1.29, 1.82) is 0 Å². The molecule has 4 fully saturated rings. The average molecular weight is 1640 g/mol. The molecule has 10 unspecified atom stereocenters. The van der Waals surface area contributed by atoms with E-state index in [0.717, 1.165) is 70.2 Å². The molecule has 10 atom stereocenters. The lowest BCUT2D eigenvalue weighted by Crippen LogP contribution is -2.63. The van der Waals surface area contributed by atoms with Gasteiger partial charge in [-0.25, -0.2) is 14.7 Å². The summed E-state index contributed by atoms with van der Waals surface area (Å²) in [5.41, 5.74) is 8.30. The average Bonchev–Trinajstić information content (AvgIpc) is 0.742. The predicted octanol–water partition coefficient (Wildman–Crippen LogP) is 10.7. The summed E-state index contributed by atoms with van der Waals surface area (Å²) in [6.45, 7) is 28.6. The summed E-state index contributed by atoms with van der Waals surface area (Å²) in [6.07, 6.45) is -0.767. The first kappa shape index (κ1) is 105. The fourth-order valence-electron chi connectivity index (χ4n) is 13.4. The molecule has 0 aliphatic carbocycles. The van der Waals surface area contributed by atoms with Gasteiger partial charge in [-0.3, -0.25) is 77.7 Å². The lowest BCUT2D eigenvalue weighted by Gasteiger charge is -2.45. The summed E-state index contributed by atoms with van der Waals surface area (Å²) in [5.74, 6) is -6.07. The monoisotopic (exact) mass is 1640 g/mol. The molecule has 9 rings (SSSR count). The van der Waals surface area contributed by atoms with Crippen LogP contribution in [0.25, 0.3) is 0 Å². The van der Waals surface area contributed by atoms with Gasteiger partial charge in [0, 0.05) is 114 Å². The summed E-state index contributed by atoms with van der Waals surface area (Å²) in [5, 5.41) is 28.9. The topological polar surface area (TPSA) is 387 Å². The molecule has 0 saturated carbocycles. The van der Waals surface area contributed by atoms with Crippen LogP contribution in [-0.4, -0.2) is 201 Å². The SMILES string of the molecule is C.CC1CN(Cc2ccccc2)CC(C)C1=NO.CC1CN(Cc2ccccc2)CC(C)C1=O.CC1CN(Cc2ccccc2)CC(C)C1N.COC(=O)C(C)C(=O)C(C)C(=O)OC.COC(=O)C1(C)CN(Cc2ccccc2)CC(C)(C(=O)OC)C1=O.COC(=O)CC(=O)CC(=O)OC.Cl.NO.O=[N+]([O-])c1ccc(F)c(F)c1F. The Hall–Kier alpha value is -9.73. The van der Waals surface area contributed by atoms with Crippen molar-refractivity contribution in [2.24, 2.45) is 75.0 Å². The quantitative estimate of drug-likeness (QED) is 0.0113. The summed E-state index contributed by atoms with van der Waals surface area (Å²) >= 11 is 0. The highest BCUT2D eigenvalue weighted by molar-refractivity contribution is 6.15. The van der Waals surface area contributed by atoms with Crippen molar-refractivity contribution < 1.29 is 105 Å². The smallest absolute Gasteiger partial charge is 0.320 e. The number of likely N-dealkylation sites (tertiary alicyclic amines) is 4. The van der Waals surface area contributed by atoms with E-state index < -0.39 is 104 Å². The molecule has 4 saturated heterocycles. The van der Waals surface area contributed by atoms with E-state index in [2.05, 4.69) is 151 Å². The number of hydrogen-bond donors (Lipinski definition) is 4. The molecular formula is C83H118ClF3N8O20. The highest BCUT2D eigenvalue weighted by Gasteiger charge is 2.59. The molecule has 4 aliphatic heterocycles. The number of oxime groups is 1. The third-order valence-corrected chi connectivity index (χ3v) is 19.3. The number of nitrogens with zero attached hydrogens (tertiary/aromatic N) is 6. The van der Waals surface area contributed by atoms with E-state index in [-0.39, 0.29) is 57.6 Å². The van der Waals surface area contributed by atoms with E-state index in [4.69, 9.17) is 25.6 Å². The Morgan fingerprint density at radius 2 is 0.826 bits per heavy atom. The maximum Gasteiger partial charge on any atom is 0.320 e. The number of halogens is 4. The van der Waals surface area contributed by atoms with Gasteiger partial charge in [0.25, 0.3) is 0 Å². The Bertz CT molecular complexity index is 3780. The van der Waals surface area contributed by atoms with E-state index in [1.807, 2.05) is 61.2 Å². The van der Waals surface area contributed by atoms with Crippen molar-refractivity contribution in [3.05, 3.63) is 183 Å². The Kier molecular flexibility index (Phi) is 48.9. The third-order valence-electron chi connectivity index (χ3n) is 19.3. The molecule has 6 N–H and O–H groups in total. The summed E-state index contributed by atoms with van der Waals surface area (Å²) in [4.78, 5) is 132. The number of ketones is 4. The lowest BCUT2D eigenvalue weighted by atomic mass is 9.67. The van der Waals surface area contributed by atoms with Crippen LogP contribution < -0.4 is 11.6 Å². The molecule has 0 bridgehead atoms. The molecular weight excluding hydrogens is 1520 g/mol. The second-order valence-electron chi connectivity index (χ2n) is 28.6. The van der Waals surface area contributed by atoms with Gasteiger partial charge < -0.3 is 44.6 Å². The van der Waals surface area contributed by atoms with E-state index in [0.29, 0.717) is 54.2 Å². The van der Waals surface area contributed by atoms with Gasteiger partial charge in [0.15, 0.2) is 23.2 Å². The molecule has 28 nitrogen and oxygen atoms in total. The molecule has 0 aromatic heterocycles. The number of carbonyl (C=O) groups is 10. The van der Waals surface area contributed by atoms with Gasteiger partial charge in [-0.05, 0) is 67.9 Å². The predicted molar refractivity (Wildman–Crippen MR) is 428 cm³/mol. The van der Waals surface area contributed by atoms with Crippen LogP contribution >= 0.6 is 12.4 Å². The number of piperidine rings is 4. The number of nitro groups is 1. The van der Waals surface area contributed by atoms with E-state index in [1.165, 1.54) is 87.0 Å². The second-order valence-corrected chi connectivity index (χ2v) is 28.6. The van der Waals surface area contributed by atoms with Crippen LogP contribution in [-0.2, 0) is 103 Å². The lowest BCUT2D eigenvalue weighted by molar-refractivity contribution is -0.387.